The average molecular weight is 462 g/mol. The van der Waals surface area contributed by atoms with E-state index in [2.05, 4.69) is 5.32 Å². The van der Waals surface area contributed by atoms with Crippen LogP contribution in [0.3, 0.4) is 0 Å². The number of alkyl halides is 3. The van der Waals surface area contributed by atoms with Crippen molar-refractivity contribution in [2.75, 3.05) is 29.9 Å². The molecule has 0 radical (unpaired) electrons. The number of nitro groups is 1. The first-order valence-electron chi connectivity index (χ1n) is 10.2. The van der Waals surface area contributed by atoms with Crippen LogP contribution in [0, 0.1) is 27.4 Å². The van der Waals surface area contributed by atoms with Gasteiger partial charge < -0.3 is 15.0 Å². The molecule has 8 nitrogen and oxygen atoms in total. The zero-order valence-corrected chi connectivity index (χ0v) is 17.7. The van der Waals surface area contributed by atoms with E-state index in [9.17, 15) is 28.1 Å². The smallest absolute Gasteiger partial charge is 0.416 e. The molecule has 0 aliphatic carbocycles. The lowest BCUT2D eigenvalue weighted by atomic mass is 9.95. The maximum Gasteiger partial charge on any atom is 0.416 e. The van der Waals surface area contributed by atoms with Crippen LogP contribution in [-0.2, 0) is 11.0 Å². The Morgan fingerprint density at radius 2 is 1.97 bits per heavy atom. The van der Waals surface area contributed by atoms with E-state index >= 15 is 0 Å². The van der Waals surface area contributed by atoms with Crippen molar-refractivity contribution < 1.29 is 27.6 Å². The fourth-order valence-corrected chi connectivity index (χ4v) is 3.71. The summed E-state index contributed by atoms with van der Waals surface area (Å²) in [6, 6.07) is 9.15. The van der Waals surface area contributed by atoms with Crippen molar-refractivity contribution in [2.45, 2.75) is 25.9 Å². The summed E-state index contributed by atoms with van der Waals surface area (Å²) in [5.74, 6) is -0.259. The van der Waals surface area contributed by atoms with Gasteiger partial charge in [0.2, 0.25) is 5.91 Å². The molecular weight excluding hydrogens is 441 g/mol. The number of nitrogens with zero attached hydrogens (tertiary/aromatic N) is 3. The van der Waals surface area contributed by atoms with Gasteiger partial charge in [0.15, 0.2) is 0 Å². The summed E-state index contributed by atoms with van der Waals surface area (Å²) in [5, 5.41) is 23.3. The number of halogens is 3. The number of hydrogen-bond acceptors (Lipinski definition) is 6. The van der Waals surface area contributed by atoms with Crippen LogP contribution in [-0.4, -0.2) is 30.5 Å². The molecule has 0 unspecified atom stereocenters. The van der Waals surface area contributed by atoms with E-state index in [-0.39, 0.29) is 24.7 Å². The number of nitrogens with one attached hydrogen (secondary N) is 1. The van der Waals surface area contributed by atoms with Crippen LogP contribution in [0.25, 0.3) is 0 Å². The Morgan fingerprint density at radius 3 is 2.55 bits per heavy atom. The molecule has 0 bridgehead atoms. The van der Waals surface area contributed by atoms with E-state index < -0.39 is 28.3 Å². The maximum atomic E-state index is 12.9. The summed E-state index contributed by atoms with van der Waals surface area (Å²) in [7, 11) is 0. The van der Waals surface area contributed by atoms with Gasteiger partial charge in [-0.25, -0.2) is 0 Å². The van der Waals surface area contributed by atoms with Crippen molar-refractivity contribution in [3.63, 3.8) is 0 Å². The zero-order chi connectivity index (χ0) is 24.2. The quantitative estimate of drug-likeness (QED) is 0.491. The average Bonchev–Trinajstić information content (AvgIpc) is 2.79. The highest BCUT2D eigenvalue weighted by molar-refractivity contribution is 5.94. The van der Waals surface area contributed by atoms with Gasteiger partial charge in [-0.2, -0.15) is 18.4 Å². The lowest BCUT2D eigenvalue weighted by molar-refractivity contribution is -0.384. The number of hydrogen-bond donors (Lipinski definition) is 1. The summed E-state index contributed by atoms with van der Waals surface area (Å²) >= 11 is 0. The molecule has 1 fully saturated rings. The molecule has 0 atom stereocenters. The highest BCUT2D eigenvalue weighted by Crippen LogP contribution is 2.38. The number of anilines is 2. The lowest BCUT2D eigenvalue weighted by Gasteiger charge is -2.32. The molecule has 33 heavy (non-hydrogen) atoms. The molecule has 1 aliphatic rings. The second kappa shape index (κ2) is 9.77. The molecule has 1 heterocycles. The standard InChI is InChI=1S/C22H21F3N4O4/c1-2-33-20-6-3-14(13-26)11-17(20)27-21(30)15-7-9-28(10-8-15)18-5-4-16(22(23,24)25)12-19(18)29(31)32/h3-6,11-12,15H,2,7-10H2,1H3,(H,27,30). The van der Waals surface area contributed by atoms with Gasteiger partial charge in [-0.05, 0) is 50.1 Å². The third-order valence-electron chi connectivity index (χ3n) is 5.37. The van der Waals surface area contributed by atoms with Gasteiger partial charge >= 0.3 is 6.18 Å². The van der Waals surface area contributed by atoms with Gasteiger partial charge in [-0.3, -0.25) is 14.9 Å². The summed E-state index contributed by atoms with van der Waals surface area (Å²) < 4.78 is 44.3. The Labute approximate surface area is 187 Å². The minimum Gasteiger partial charge on any atom is -0.492 e. The fraction of sp³-hybridized carbons (Fsp3) is 0.364. The van der Waals surface area contributed by atoms with Gasteiger partial charge in [0, 0.05) is 25.1 Å². The predicted molar refractivity (Wildman–Crippen MR) is 114 cm³/mol. The van der Waals surface area contributed by atoms with E-state index in [4.69, 9.17) is 10.00 Å². The Kier molecular flexibility index (Phi) is 7.06. The monoisotopic (exact) mass is 462 g/mol. The molecule has 174 valence electrons. The van der Waals surface area contributed by atoms with Crippen molar-refractivity contribution in [1.29, 1.82) is 5.26 Å². The minimum absolute atomic E-state index is 0.0900. The first kappa shape index (κ1) is 23.8. The SMILES string of the molecule is CCOc1ccc(C#N)cc1NC(=O)C1CCN(c2ccc(C(F)(F)F)cc2[N+](=O)[O-])CC1. The van der Waals surface area contributed by atoms with Crippen LogP contribution in [0.15, 0.2) is 36.4 Å². The minimum atomic E-state index is -4.68. The second-order valence-corrected chi connectivity index (χ2v) is 7.46. The topological polar surface area (TPSA) is 108 Å². The second-order valence-electron chi connectivity index (χ2n) is 7.46. The number of nitro benzene ring substituents is 1. The summed E-state index contributed by atoms with van der Waals surface area (Å²) in [6.07, 6.45) is -3.98. The van der Waals surface area contributed by atoms with E-state index in [0.717, 1.165) is 12.1 Å². The third kappa shape index (κ3) is 5.52. The van der Waals surface area contributed by atoms with Crippen LogP contribution in [0.5, 0.6) is 5.75 Å². The molecule has 1 amide bonds. The van der Waals surface area contributed by atoms with E-state index in [1.165, 1.54) is 6.07 Å². The third-order valence-corrected chi connectivity index (χ3v) is 5.37. The van der Waals surface area contributed by atoms with Gasteiger partial charge in [-0.1, -0.05) is 0 Å². The molecule has 1 N–H and O–H groups in total. The lowest BCUT2D eigenvalue weighted by Crippen LogP contribution is -2.38. The highest BCUT2D eigenvalue weighted by atomic mass is 19.4. The highest BCUT2D eigenvalue weighted by Gasteiger charge is 2.35. The Hall–Kier alpha value is -3.81. The Morgan fingerprint density at radius 1 is 1.27 bits per heavy atom. The van der Waals surface area contributed by atoms with Gasteiger partial charge in [0.1, 0.15) is 11.4 Å². The molecular formula is C22H21F3N4O4. The fourth-order valence-electron chi connectivity index (χ4n) is 3.71. The molecule has 0 aromatic heterocycles. The van der Waals surface area contributed by atoms with Crippen LogP contribution in [0.2, 0.25) is 0 Å². The van der Waals surface area contributed by atoms with Gasteiger partial charge in [0.25, 0.3) is 5.69 Å². The number of rotatable bonds is 6. The molecule has 11 heteroatoms. The number of piperidine rings is 1. The first-order valence-corrected chi connectivity index (χ1v) is 10.2. The molecule has 1 aliphatic heterocycles. The molecule has 2 aromatic carbocycles. The zero-order valence-electron chi connectivity index (χ0n) is 17.7. The van der Waals surface area contributed by atoms with Crippen molar-refractivity contribution in [3.05, 3.63) is 57.6 Å². The predicted octanol–water partition coefficient (Wildman–Crippen LogP) is 4.74. The summed E-state index contributed by atoms with van der Waals surface area (Å²) in [5.41, 5.74) is -0.883. The van der Waals surface area contributed by atoms with E-state index in [1.54, 1.807) is 24.0 Å². The largest absolute Gasteiger partial charge is 0.492 e. The molecule has 0 spiro atoms. The van der Waals surface area contributed by atoms with Crippen molar-refractivity contribution in [3.8, 4) is 11.8 Å². The van der Waals surface area contributed by atoms with Gasteiger partial charge in [0.05, 0.1) is 34.4 Å². The number of amides is 1. The summed E-state index contributed by atoms with van der Waals surface area (Å²) in [4.78, 5) is 24.9. The normalized spacial score (nSPS) is 14.5. The number of nitriles is 1. The number of carbonyl (C=O) groups excluding carboxylic acids is 1. The Bertz CT molecular complexity index is 1090. The number of benzene rings is 2. The van der Waals surface area contributed by atoms with Crippen LogP contribution in [0.1, 0.15) is 30.9 Å². The summed E-state index contributed by atoms with van der Waals surface area (Å²) in [6.45, 7) is 2.70. The van der Waals surface area contributed by atoms with Crippen molar-refractivity contribution in [2.24, 2.45) is 5.92 Å². The van der Waals surface area contributed by atoms with E-state index in [0.29, 0.717) is 42.5 Å². The maximum absolute atomic E-state index is 12.9. The molecule has 2 aromatic rings. The van der Waals surface area contributed by atoms with Crippen LogP contribution in [0.4, 0.5) is 30.2 Å². The Balaban J connectivity index is 1.71. The number of carbonyl (C=O) groups is 1. The van der Waals surface area contributed by atoms with Crippen molar-refractivity contribution >= 4 is 23.0 Å². The van der Waals surface area contributed by atoms with Crippen LogP contribution >= 0.6 is 0 Å². The van der Waals surface area contributed by atoms with Crippen LogP contribution < -0.4 is 15.0 Å². The van der Waals surface area contributed by atoms with Crippen molar-refractivity contribution in [1.82, 2.24) is 0 Å². The molecule has 0 saturated carbocycles. The molecule has 3 rings (SSSR count). The number of ether oxygens (including phenoxy) is 1. The van der Waals surface area contributed by atoms with Gasteiger partial charge in [-0.15, -0.1) is 0 Å². The first-order chi connectivity index (χ1) is 15.6. The van der Waals surface area contributed by atoms with E-state index in [1.807, 2.05) is 6.07 Å². The molecule has 1 saturated heterocycles.